The molecule has 3 N–H and O–H groups in total. The molecule has 0 aromatic carbocycles. The second-order valence-electron chi connectivity index (χ2n) is 6.42. The van der Waals surface area contributed by atoms with Crippen LogP contribution in [0.2, 0.25) is 0 Å². The van der Waals surface area contributed by atoms with E-state index in [0.29, 0.717) is 12.1 Å². The molecule has 1 atom stereocenters. The molecular formula is C14H27N5O2. The molecule has 0 aliphatic carbocycles. The van der Waals surface area contributed by atoms with E-state index in [2.05, 4.69) is 15.7 Å². The summed E-state index contributed by atoms with van der Waals surface area (Å²) in [7, 11) is 5.71. The lowest BCUT2D eigenvalue weighted by molar-refractivity contribution is 0.0591. The van der Waals surface area contributed by atoms with Crippen molar-refractivity contribution in [2.45, 2.75) is 31.9 Å². The smallest absolute Gasteiger partial charge is 0.314 e. The maximum Gasteiger partial charge on any atom is 0.314 e. The van der Waals surface area contributed by atoms with Crippen molar-refractivity contribution in [1.29, 1.82) is 0 Å². The first-order chi connectivity index (χ1) is 9.54. The van der Waals surface area contributed by atoms with E-state index in [1.807, 2.05) is 32.8 Å². The van der Waals surface area contributed by atoms with Crippen molar-refractivity contribution < 1.29 is 9.90 Å². The van der Waals surface area contributed by atoms with Gasteiger partial charge in [-0.05, 0) is 34.9 Å². The number of hydrogen-bond donors (Lipinski definition) is 3. The van der Waals surface area contributed by atoms with Gasteiger partial charge in [-0.2, -0.15) is 5.10 Å². The van der Waals surface area contributed by atoms with Crippen LogP contribution in [0.25, 0.3) is 0 Å². The molecule has 1 rings (SSSR count). The van der Waals surface area contributed by atoms with Crippen LogP contribution in [0.4, 0.5) is 4.79 Å². The molecule has 0 radical (unpaired) electrons. The van der Waals surface area contributed by atoms with Crippen LogP contribution < -0.4 is 10.6 Å². The Balaban J connectivity index is 2.46. The molecule has 2 amide bonds. The van der Waals surface area contributed by atoms with E-state index in [-0.39, 0.29) is 18.1 Å². The first-order valence-corrected chi connectivity index (χ1v) is 6.95. The minimum absolute atomic E-state index is 0.118. The number of nitrogens with one attached hydrogen (secondary N) is 2. The zero-order valence-corrected chi connectivity index (χ0v) is 13.8. The van der Waals surface area contributed by atoms with E-state index in [1.165, 1.54) is 0 Å². The number of carbonyl (C=O) groups is 1. The lowest BCUT2D eigenvalue weighted by Crippen LogP contribution is -2.51. The van der Waals surface area contributed by atoms with E-state index >= 15 is 0 Å². The lowest BCUT2D eigenvalue weighted by atomic mass is 10.00. The average Bonchev–Trinajstić information content (AvgIpc) is 2.81. The number of nitrogens with zero attached hydrogens (tertiary/aromatic N) is 3. The number of amides is 2. The van der Waals surface area contributed by atoms with Crippen LogP contribution in [0.3, 0.4) is 0 Å². The van der Waals surface area contributed by atoms with Gasteiger partial charge in [0.05, 0.1) is 12.7 Å². The van der Waals surface area contributed by atoms with Gasteiger partial charge in [0.1, 0.15) is 5.60 Å². The number of carbonyl (C=O) groups excluding carboxylic acids is 1. The number of aryl methyl sites for hydroxylation is 1. The molecule has 1 heterocycles. The number of aromatic nitrogens is 2. The van der Waals surface area contributed by atoms with Crippen molar-refractivity contribution in [3.8, 4) is 0 Å². The fraction of sp³-hybridized carbons (Fsp3) is 0.714. The molecule has 0 bridgehead atoms. The number of rotatable bonds is 6. The average molecular weight is 297 g/mol. The Kier molecular flexibility index (Phi) is 5.36. The van der Waals surface area contributed by atoms with Gasteiger partial charge in [0.2, 0.25) is 0 Å². The largest absolute Gasteiger partial charge is 0.383 e. The highest BCUT2D eigenvalue weighted by atomic mass is 16.3. The van der Waals surface area contributed by atoms with E-state index in [0.717, 1.165) is 0 Å². The molecule has 1 unspecified atom stereocenters. The summed E-state index contributed by atoms with van der Waals surface area (Å²) in [5.74, 6) is 0. The van der Waals surface area contributed by atoms with Gasteiger partial charge in [-0.1, -0.05) is 0 Å². The van der Waals surface area contributed by atoms with Gasteiger partial charge in [0, 0.05) is 30.9 Å². The third-order valence-corrected chi connectivity index (χ3v) is 3.81. The summed E-state index contributed by atoms with van der Waals surface area (Å²) >= 11 is 0. The summed E-state index contributed by atoms with van der Waals surface area (Å²) in [6.45, 7) is 6.36. The first kappa shape index (κ1) is 17.5. The molecule has 0 aliphatic rings. The highest BCUT2D eigenvalue weighted by Gasteiger charge is 2.26. The van der Waals surface area contributed by atoms with Gasteiger partial charge in [0.15, 0.2) is 0 Å². The Morgan fingerprint density at radius 1 is 1.33 bits per heavy atom. The van der Waals surface area contributed by atoms with Crippen LogP contribution in [0.15, 0.2) is 12.4 Å². The normalized spacial score (nSPS) is 14.9. The molecule has 0 fully saturated rings. The van der Waals surface area contributed by atoms with Gasteiger partial charge in [-0.25, -0.2) is 4.79 Å². The van der Waals surface area contributed by atoms with Crippen molar-refractivity contribution in [2.24, 2.45) is 7.05 Å². The molecule has 7 heteroatoms. The van der Waals surface area contributed by atoms with Crippen LogP contribution in [0.1, 0.15) is 26.3 Å². The highest BCUT2D eigenvalue weighted by molar-refractivity contribution is 5.74. The molecule has 7 nitrogen and oxygen atoms in total. The van der Waals surface area contributed by atoms with Crippen LogP contribution >= 0.6 is 0 Å². The molecule has 1 aromatic heterocycles. The topological polar surface area (TPSA) is 82.4 Å². The van der Waals surface area contributed by atoms with E-state index in [1.54, 1.807) is 31.0 Å². The van der Waals surface area contributed by atoms with E-state index in [4.69, 9.17) is 0 Å². The highest BCUT2D eigenvalue weighted by Crippen LogP contribution is 2.18. The minimum atomic E-state index is -1.15. The zero-order chi connectivity index (χ0) is 16.3. The summed E-state index contributed by atoms with van der Waals surface area (Å²) < 4.78 is 1.61. The molecule has 0 spiro atoms. The van der Waals surface area contributed by atoms with E-state index in [9.17, 15) is 9.90 Å². The SMILES string of the molecule is CN(C)C(C)(C)CNC(=O)NCC(C)(O)c1cnn(C)c1. The summed E-state index contributed by atoms with van der Waals surface area (Å²) in [5, 5.41) is 19.9. The molecule has 1 aromatic rings. The molecule has 21 heavy (non-hydrogen) atoms. The third kappa shape index (κ3) is 5.02. The van der Waals surface area contributed by atoms with E-state index < -0.39 is 5.60 Å². The van der Waals surface area contributed by atoms with Crippen molar-refractivity contribution in [3.63, 3.8) is 0 Å². The van der Waals surface area contributed by atoms with Gasteiger partial charge in [-0.3, -0.25) is 4.68 Å². The number of urea groups is 1. The Morgan fingerprint density at radius 3 is 2.38 bits per heavy atom. The van der Waals surface area contributed by atoms with Crippen molar-refractivity contribution in [3.05, 3.63) is 18.0 Å². The fourth-order valence-corrected chi connectivity index (χ4v) is 1.57. The standard InChI is InChI=1S/C14H27N5O2/c1-13(2,18(4)5)9-15-12(20)16-10-14(3,21)11-7-17-19(6)8-11/h7-8,21H,9-10H2,1-6H3,(H2,15,16,20). The Labute approximate surface area is 126 Å². The predicted octanol–water partition coefficient (Wildman–Crippen LogP) is 0.267. The van der Waals surface area contributed by atoms with Crippen molar-refractivity contribution >= 4 is 6.03 Å². The Hall–Kier alpha value is -1.60. The van der Waals surface area contributed by atoms with Gasteiger partial charge in [-0.15, -0.1) is 0 Å². The summed E-state index contributed by atoms with van der Waals surface area (Å²) in [6.07, 6.45) is 3.32. The van der Waals surface area contributed by atoms with Crippen LogP contribution in [-0.2, 0) is 12.6 Å². The number of hydrogen-bond acceptors (Lipinski definition) is 4. The molecule has 0 saturated heterocycles. The summed E-state index contributed by atoms with van der Waals surface area (Å²) in [4.78, 5) is 13.9. The monoisotopic (exact) mass is 297 g/mol. The molecular weight excluding hydrogens is 270 g/mol. The Morgan fingerprint density at radius 2 is 1.90 bits per heavy atom. The van der Waals surface area contributed by atoms with Crippen molar-refractivity contribution in [1.82, 2.24) is 25.3 Å². The van der Waals surface area contributed by atoms with Crippen LogP contribution in [-0.4, -0.2) is 58.5 Å². The van der Waals surface area contributed by atoms with Crippen LogP contribution in [0.5, 0.6) is 0 Å². The number of likely N-dealkylation sites (N-methyl/N-ethyl adjacent to an activating group) is 1. The zero-order valence-electron chi connectivity index (χ0n) is 13.8. The van der Waals surface area contributed by atoms with Crippen molar-refractivity contribution in [2.75, 3.05) is 27.2 Å². The fourth-order valence-electron chi connectivity index (χ4n) is 1.57. The maximum absolute atomic E-state index is 11.8. The molecule has 0 saturated carbocycles. The van der Waals surface area contributed by atoms with Crippen LogP contribution in [0, 0.1) is 0 Å². The lowest BCUT2D eigenvalue weighted by Gasteiger charge is -2.32. The minimum Gasteiger partial charge on any atom is -0.383 e. The Bertz CT molecular complexity index is 479. The maximum atomic E-state index is 11.8. The quantitative estimate of drug-likeness (QED) is 0.704. The second kappa shape index (κ2) is 6.44. The van der Waals surface area contributed by atoms with Gasteiger partial charge in [0.25, 0.3) is 0 Å². The molecule has 120 valence electrons. The summed E-state index contributed by atoms with van der Waals surface area (Å²) in [5.41, 5.74) is -0.620. The number of aliphatic hydroxyl groups is 1. The predicted molar refractivity (Wildman–Crippen MR) is 81.9 cm³/mol. The molecule has 0 aliphatic heterocycles. The van der Waals surface area contributed by atoms with Gasteiger partial charge >= 0.3 is 6.03 Å². The van der Waals surface area contributed by atoms with Gasteiger partial charge < -0.3 is 20.6 Å². The first-order valence-electron chi connectivity index (χ1n) is 6.95. The summed E-state index contributed by atoms with van der Waals surface area (Å²) in [6, 6.07) is -0.297. The third-order valence-electron chi connectivity index (χ3n) is 3.81. The second-order valence-corrected chi connectivity index (χ2v) is 6.42.